The average Bonchev–Trinajstić information content (AvgIpc) is 3.46. The van der Waals surface area contributed by atoms with Crippen molar-refractivity contribution in [3.63, 3.8) is 0 Å². The van der Waals surface area contributed by atoms with Gasteiger partial charge in [-0.1, -0.05) is 18.2 Å². The molecule has 0 radical (unpaired) electrons. The van der Waals surface area contributed by atoms with E-state index in [9.17, 15) is 0 Å². The van der Waals surface area contributed by atoms with Crippen molar-refractivity contribution in [3.8, 4) is 0 Å². The minimum Gasteiger partial charge on any atom is -0.459 e. The average molecular weight is 396 g/mol. The molecule has 1 aromatic carbocycles. The molecule has 154 valence electrons. The molecule has 2 N–H and O–H groups in total. The summed E-state index contributed by atoms with van der Waals surface area (Å²) in [4.78, 5) is 4.72. The minimum atomic E-state index is -0.0422. The number of furan rings is 1. The second kappa shape index (κ2) is 8.65. The Kier molecular flexibility index (Phi) is 5.80. The van der Waals surface area contributed by atoms with Crippen molar-refractivity contribution in [2.24, 2.45) is 12.0 Å². The van der Waals surface area contributed by atoms with Crippen LogP contribution in [0.1, 0.15) is 43.2 Å². The Hall–Kier alpha value is -2.87. The number of fused-ring (bicyclic) bond motifs is 1. The normalized spacial score (nSPS) is 18.3. The quantitative estimate of drug-likeness (QED) is 0.492. The van der Waals surface area contributed by atoms with Crippen LogP contribution in [0.3, 0.4) is 0 Å². The summed E-state index contributed by atoms with van der Waals surface area (Å²) in [5.74, 6) is 3.26. The molecule has 1 aliphatic heterocycles. The van der Waals surface area contributed by atoms with E-state index in [-0.39, 0.29) is 12.1 Å². The molecule has 3 heterocycles. The van der Waals surface area contributed by atoms with E-state index in [1.807, 2.05) is 36.7 Å². The number of ether oxygens (including phenoxy) is 1. The highest BCUT2D eigenvalue weighted by Gasteiger charge is 2.18. The second-order valence-corrected chi connectivity index (χ2v) is 7.46. The largest absolute Gasteiger partial charge is 0.459 e. The molecule has 0 spiro atoms. The third-order valence-electron chi connectivity index (χ3n) is 5.31. The predicted molar refractivity (Wildman–Crippen MR) is 112 cm³/mol. The van der Waals surface area contributed by atoms with Gasteiger partial charge in [0.25, 0.3) is 0 Å². The van der Waals surface area contributed by atoms with Crippen LogP contribution in [0, 0.1) is 6.92 Å². The lowest BCUT2D eigenvalue weighted by atomic mass is 10.2. The van der Waals surface area contributed by atoms with Gasteiger partial charge in [-0.05, 0) is 38.8 Å². The van der Waals surface area contributed by atoms with Crippen LogP contribution >= 0.6 is 0 Å². The van der Waals surface area contributed by atoms with Gasteiger partial charge in [0.1, 0.15) is 23.7 Å². The van der Waals surface area contributed by atoms with Crippen LogP contribution in [0.25, 0.3) is 11.0 Å². The molecular weight excluding hydrogens is 368 g/mol. The van der Waals surface area contributed by atoms with E-state index < -0.39 is 0 Å². The van der Waals surface area contributed by atoms with Crippen LogP contribution in [-0.2, 0) is 18.3 Å². The molecule has 0 bridgehead atoms. The number of nitrogens with zero attached hydrogens (tertiary/aromatic N) is 4. The molecular formula is C21H28N6O2. The van der Waals surface area contributed by atoms with E-state index in [0.29, 0.717) is 12.5 Å². The van der Waals surface area contributed by atoms with Crippen molar-refractivity contribution in [1.29, 1.82) is 0 Å². The van der Waals surface area contributed by atoms with Crippen molar-refractivity contribution < 1.29 is 9.15 Å². The molecule has 0 amide bonds. The van der Waals surface area contributed by atoms with Gasteiger partial charge in [-0.2, -0.15) is 0 Å². The Labute approximate surface area is 170 Å². The summed E-state index contributed by atoms with van der Waals surface area (Å²) in [6, 6.07) is 10.0. The van der Waals surface area contributed by atoms with Crippen molar-refractivity contribution in [3.05, 3.63) is 47.7 Å². The summed E-state index contributed by atoms with van der Waals surface area (Å²) in [6.45, 7) is 5.98. The monoisotopic (exact) mass is 396 g/mol. The molecule has 1 saturated heterocycles. The molecule has 29 heavy (non-hydrogen) atoms. The van der Waals surface area contributed by atoms with Crippen LogP contribution in [-0.4, -0.2) is 40.0 Å². The van der Waals surface area contributed by atoms with Crippen molar-refractivity contribution in [2.75, 3.05) is 13.2 Å². The molecule has 8 heteroatoms. The molecule has 0 aliphatic carbocycles. The Morgan fingerprint density at radius 3 is 2.93 bits per heavy atom. The van der Waals surface area contributed by atoms with Crippen LogP contribution < -0.4 is 10.6 Å². The number of nitrogens with one attached hydrogen (secondary N) is 2. The molecule has 1 fully saturated rings. The SMILES string of the molecule is Cc1nnc(CN=C(NCC2CCCO2)NC(C)c2cc3ccccc3o2)n1C. The maximum Gasteiger partial charge on any atom is 0.192 e. The predicted octanol–water partition coefficient (Wildman–Crippen LogP) is 2.85. The number of hydrogen-bond donors (Lipinski definition) is 2. The first-order valence-electron chi connectivity index (χ1n) is 10.1. The van der Waals surface area contributed by atoms with Gasteiger partial charge in [-0.3, -0.25) is 0 Å². The fourth-order valence-electron chi connectivity index (χ4n) is 3.40. The van der Waals surface area contributed by atoms with Gasteiger partial charge in [0.15, 0.2) is 11.8 Å². The number of rotatable bonds is 6. The molecule has 8 nitrogen and oxygen atoms in total. The minimum absolute atomic E-state index is 0.0422. The molecule has 4 rings (SSSR count). The summed E-state index contributed by atoms with van der Waals surface area (Å²) in [7, 11) is 1.95. The van der Waals surface area contributed by atoms with Crippen LogP contribution in [0.5, 0.6) is 0 Å². The Morgan fingerprint density at radius 2 is 2.21 bits per heavy atom. The number of benzene rings is 1. The van der Waals surface area contributed by atoms with Gasteiger partial charge in [-0.25, -0.2) is 4.99 Å². The molecule has 2 atom stereocenters. The molecule has 2 aromatic heterocycles. The smallest absolute Gasteiger partial charge is 0.192 e. The Bertz CT molecular complexity index is 953. The van der Waals surface area contributed by atoms with Crippen molar-refractivity contribution in [1.82, 2.24) is 25.4 Å². The van der Waals surface area contributed by atoms with Gasteiger partial charge < -0.3 is 24.4 Å². The molecule has 0 saturated carbocycles. The zero-order valence-corrected chi connectivity index (χ0v) is 17.2. The topological polar surface area (TPSA) is 89.5 Å². The lowest BCUT2D eigenvalue weighted by Gasteiger charge is -2.18. The highest BCUT2D eigenvalue weighted by molar-refractivity contribution is 5.81. The zero-order chi connectivity index (χ0) is 20.2. The maximum atomic E-state index is 6.00. The van der Waals surface area contributed by atoms with Crippen LogP contribution in [0.4, 0.5) is 0 Å². The van der Waals surface area contributed by atoms with Crippen LogP contribution in [0.2, 0.25) is 0 Å². The first kappa shape index (κ1) is 19.4. The van der Waals surface area contributed by atoms with Gasteiger partial charge in [0.05, 0.1) is 12.1 Å². The highest BCUT2D eigenvalue weighted by atomic mass is 16.5. The van der Waals surface area contributed by atoms with E-state index in [1.165, 1.54) is 0 Å². The van der Waals surface area contributed by atoms with Gasteiger partial charge >= 0.3 is 0 Å². The standard InChI is InChI=1S/C21H28N6O2/c1-14(19-11-16-7-4-5-9-18(16)29-19)24-21(22-12-17-8-6-10-28-17)23-13-20-26-25-15(2)27(20)3/h4-5,7,9,11,14,17H,6,8,10,12-13H2,1-3H3,(H2,22,23,24). The maximum absolute atomic E-state index is 6.00. The third-order valence-corrected chi connectivity index (χ3v) is 5.31. The summed E-state index contributed by atoms with van der Waals surface area (Å²) in [5, 5.41) is 16.3. The number of hydrogen-bond acceptors (Lipinski definition) is 5. The third kappa shape index (κ3) is 4.59. The first-order valence-corrected chi connectivity index (χ1v) is 10.1. The van der Waals surface area contributed by atoms with Gasteiger partial charge in [0.2, 0.25) is 0 Å². The van der Waals surface area contributed by atoms with E-state index >= 15 is 0 Å². The molecule has 3 aromatic rings. The number of para-hydroxylation sites is 1. The summed E-state index contributed by atoms with van der Waals surface area (Å²) < 4.78 is 13.7. The summed E-state index contributed by atoms with van der Waals surface area (Å²) in [6.07, 6.45) is 2.41. The lowest BCUT2D eigenvalue weighted by Crippen LogP contribution is -2.42. The van der Waals surface area contributed by atoms with Crippen molar-refractivity contribution >= 4 is 16.9 Å². The Morgan fingerprint density at radius 1 is 1.34 bits per heavy atom. The summed E-state index contributed by atoms with van der Waals surface area (Å²) >= 11 is 0. The van der Waals surface area contributed by atoms with Gasteiger partial charge in [-0.15, -0.1) is 10.2 Å². The number of aliphatic imine (C=N–C) groups is 1. The fraction of sp³-hybridized carbons (Fsp3) is 0.476. The second-order valence-electron chi connectivity index (χ2n) is 7.46. The van der Waals surface area contributed by atoms with Crippen molar-refractivity contribution in [2.45, 2.75) is 45.4 Å². The Balaban J connectivity index is 1.48. The lowest BCUT2D eigenvalue weighted by molar-refractivity contribution is 0.113. The van der Waals surface area contributed by atoms with Gasteiger partial charge in [0, 0.05) is 25.6 Å². The number of aryl methyl sites for hydroxylation is 1. The number of aromatic nitrogens is 3. The number of guanidine groups is 1. The molecule has 2 unspecified atom stereocenters. The van der Waals surface area contributed by atoms with Crippen LogP contribution in [0.15, 0.2) is 39.7 Å². The summed E-state index contributed by atoms with van der Waals surface area (Å²) in [5.41, 5.74) is 0.886. The van der Waals surface area contributed by atoms with E-state index in [1.54, 1.807) is 0 Å². The first-order chi connectivity index (χ1) is 14.1. The molecule has 1 aliphatic rings. The fourth-order valence-corrected chi connectivity index (χ4v) is 3.40. The van der Waals surface area contributed by atoms with E-state index in [0.717, 1.165) is 54.4 Å². The van der Waals surface area contributed by atoms with E-state index in [4.69, 9.17) is 14.1 Å². The highest BCUT2D eigenvalue weighted by Crippen LogP contribution is 2.23. The zero-order valence-electron chi connectivity index (χ0n) is 17.2. The van der Waals surface area contributed by atoms with E-state index in [2.05, 4.69) is 39.9 Å².